The predicted octanol–water partition coefficient (Wildman–Crippen LogP) is 3.74. The molecule has 0 saturated carbocycles. The molecule has 4 nitrogen and oxygen atoms in total. The Balaban J connectivity index is 2.18. The molecule has 0 spiro atoms. The number of rotatable bonds is 2. The molecule has 1 aliphatic heterocycles. The summed E-state index contributed by atoms with van der Waals surface area (Å²) in [6, 6.07) is 5.86. The number of hydrogen-bond acceptors (Lipinski definition) is 3. The molecule has 3 rings (SSSR count). The zero-order valence-electron chi connectivity index (χ0n) is 11.9. The first-order valence-electron chi connectivity index (χ1n) is 6.75. The van der Waals surface area contributed by atoms with E-state index in [4.69, 9.17) is 16.7 Å². The summed E-state index contributed by atoms with van der Waals surface area (Å²) in [5.74, 6) is 1.95. The highest BCUT2D eigenvalue weighted by molar-refractivity contribution is 6.30. The molecule has 104 valence electrons. The van der Waals surface area contributed by atoms with Crippen molar-refractivity contribution in [3.8, 4) is 5.69 Å². The van der Waals surface area contributed by atoms with Gasteiger partial charge in [0, 0.05) is 10.6 Å². The van der Waals surface area contributed by atoms with Gasteiger partial charge in [-0.15, -0.1) is 0 Å². The van der Waals surface area contributed by atoms with E-state index < -0.39 is 0 Å². The van der Waals surface area contributed by atoms with E-state index in [0.717, 1.165) is 40.0 Å². The van der Waals surface area contributed by atoms with Crippen LogP contribution in [0.15, 0.2) is 23.2 Å². The van der Waals surface area contributed by atoms with Gasteiger partial charge in [-0.05, 0) is 44.0 Å². The zero-order chi connectivity index (χ0) is 14.3. The second kappa shape index (κ2) is 4.94. The average Bonchev–Trinajstić information content (AvgIpc) is 2.76. The Bertz CT molecular complexity index is 700. The average molecular weight is 289 g/mol. The fourth-order valence-corrected chi connectivity index (χ4v) is 2.74. The fourth-order valence-electron chi connectivity index (χ4n) is 2.51. The van der Waals surface area contributed by atoms with Crippen molar-refractivity contribution < 1.29 is 0 Å². The highest BCUT2D eigenvalue weighted by Crippen LogP contribution is 2.29. The van der Waals surface area contributed by atoms with Gasteiger partial charge < -0.3 is 5.32 Å². The summed E-state index contributed by atoms with van der Waals surface area (Å²) in [6.07, 6.45) is 0.901. The topological polar surface area (TPSA) is 42.2 Å². The van der Waals surface area contributed by atoms with Crippen LogP contribution in [0, 0.1) is 6.92 Å². The minimum Gasteiger partial charge on any atom is -0.329 e. The third-order valence-electron chi connectivity index (χ3n) is 3.56. The van der Waals surface area contributed by atoms with Crippen LogP contribution >= 0.6 is 11.6 Å². The maximum absolute atomic E-state index is 6.04. The number of aliphatic imine (C=N–C) groups is 1. The molecule has 2 aromatic rings. The Kier molecular flexibility index (Phi) is 3.26. The summed E-state index contributed by atoms with van der Waals surface area (Å²) in [6.45, 7) is 6.84. The highest BCUT2D eigenvalue weighted by atomic mass is 35.5. The molecule has 2 heterocycles. The van der Waals surface area contributed by atoms with Crippen molar-refractivity contribution in [2.24, 2.45) is 4.99 Å². The van der Waals surface area contributed by atoms with Gasteiger partial charge in [-0.2, -0.15) is 5.10 Å². The van der Waals surface area contributed by atoms with E-state index in [0.29, 0.717) is 6.54 Å². The maximum atomic E-state index is 6.04. The molecule has 0 aliphatic carbocycles. The van der Waals surface area contributed by atoms with E-state index in [9.17, 15) is 0 Å². The fraction of sp³-hybridized carbons (Fsp3) is 0.333. The second-order valence-corrected chi connectivity index (χ2v) is 5.43. The normalized spacial score (nSPS) is 13.7. The molecule has 0 bridgehead atoms. The molecule has 0 saturated heterocycles. The Hall–Kier alpha value is -1.81. The third-order valence-corrected chi connectivity index (χ3v) is 3.80. The first-order valence-corrected chi connectivity index (χ1v) is 7.13. The van der Waals surface area contributed by atoms with Crippen LogP contribution in [-0.4, -0.2) is 15.6 Å². The van der Waals surface area contributed by atoms with Crippen LogP contribution in [0.1, 0.15) is 30.7 Å². The molecular formula is C15H17ClN4. The number of nitrogens with one attached hydrogen (secondary N) is 1. The van der Waals surface area contributed by atoms with Crippen molar-refractivity contribution in [2.45, 2.75) is 33.7 Å². The predicted molar refractivity (Wildman–Crippen MR) is 83.1 cm³/mol. The molecule has 1 aromatic carbocycles. The number of nitrogens with zero attached hydrogens (tertiary/aromatic N) is 3. The van der Waals surface area contributed by atoms with Crippen LogP contribution < -0.4 is 5.32 Å². The molecule has 0 unspecified atom stereocenters. The van der Waals surface area contributed by atoms with Crippen molar-refractivity contribution in [1.29, 1.82) is 0 Å². The van der Waals surface area contributed by atoms with Gasteiger partial charge >= 0.3 is 0 Å². The number of anilines is 1. The van der Waals surface area contributed by atoms with E-state index in [-0.39, 0.29) is 0 Å². The molecule has 0 radical (unpaired) electrons. The molecule has 0 fully saturated rings. The largest absolute Gasteiger partial charge is 0.329 e. The quantitative estimate of drug-likeness (QED) is 0.915. The highest BCUT2D eigenvalue weighted by Gasteiger charge is 2.21. The van der Waals surface area contributed by atoms with Crippen LogP contribution in [-0.2, 0) is 13.0 Å². The smallest absolute Gasteiger partial charge is 0.140 e. The first kappa shape index (κ1) is 13.2. The third kappa shape index (κ3) is 2.10. The van der Waals surface area contributed by atoms with Gasteiger partial charge in [-0.25, -0.2) is 4.68 Å². The van der Waals surface area contributed by atoms with Crippen molar-refractivity contribution in [2.75, 3.05) is 5.32 Å². The van der Waals surface area contributed by atoms with Crippen LogP contribution in [0.3, 0.4) is 0 Å². The Morgan fingerprint density at radius 2 is 2.15 bits per heavy atom. The first-order chi connectivity index (χ1) is 9.60. The molecule has 1 aromatic heterocycles. The van der Waals surface area contributed by atoms with Crippen LogP contribution in [0.5, 0.6) is 0 Å². The lowest BCUT2D eigenvalue weighted by Gasteiger charge is -2.16. The summed E-state index contributed by atoms with van der Waals surface area (Å²) in [7, 11) is 0. The second-order valence-electron chi connectivity index (χ2n) is 5.00. The minimum atomic E-state index is 0.698. The Morgan fingerprint density at radius 3 is 2.85 bits per heavy atom. The van der Waals surface area contributed by atoms with Crippen molar-refractivity contribution in [1.82, 2.24) is 9.78 Å². The number of benzene rings is 1. The van der Waals surface area contributed by atoms with Crippen molar-refractivity contribution in [3.05, 3.63) is 40.0 Å². The molecule has 0 atom stereocenters. The van der Waals surface area contributed by atoms with Crippen LogP contribution in [0.4, 0.5) is 5.82 Å². The SMILES string of the molecule is CCc1nn(-c2ccc(Cl)cc2C)c2c1CN=C(C)N2. The van der Waals surface area contributed by atoms with E-state index in [1.54, 1.807) is 0 Å². The van der Waals surface area contributed by atoms with Gasteiger partial charge in [-0.1, -0.05) is 18.5 Å². The number of fused-ring (bicyclic) bond motifs is 1. The van der Waals surface area contributed by atoms with E-state index in [2.05, 4.69) is 17.2 Å². The lowest BCUT2D eigenvalue weighted by Crippen LogP contribution is -2.17. The van der Waals surface area contributed by atoms with Gasteiger partial charge in [0.2, 0.25) is 0 Å². The van der Waals surface area contributed by atoms with Gasteiger partial charge in [-0.3, -0.25) is 4.99 Å². The Morgan fingerprint density at radius 1 is 1.35 bits per heavy atom. The summed E-state index contributed by atoms with van der Waals surface area (Å²) in [5.41, 5.74) is 4.44. The number of halogens is 1. The molecule has 1 N–H and O–H groups in total. The monoisotopic (exact) mass is 288 g/mol. The van der Waals surface area contributed by atoms with Gasteiger partial charge in [0.1, 0.15) is 5.82 Å². The summed E-state index contributed by atoms with van der Waals surface area (Å²) < 4.78 is 1.97. The Labute approximate surface area is 123 Å². The number of aromatic nitrogens is 2. The van der Waals surface area contributed by atoms with E-state index >= 15 is 0 Å². The minimum absolute atomic E-state index is 0.698. The molecular weight excluding hydrogens is 272 g/mol. The number of amidine groups is 1. The van der Waals surface area contributed by atoms with Crippen LogP contribution in [0.25, 0.3) is 5.69 Å². The van der Waals surface area contributed by atoms with Crippen LogP contribution in [0.2, 0.25) is 5.02 Å². The standard InChI is InChI=1S/C15H17ClN4/c1-4-13-12-8-17-10(3)18-15(12)20(19-13)14-6-5-11(16)7-9(14)2/h5-7H,4,8H2,1-3H3,(H,17,18). The summed E-state index contributed by atoms with van der Waals surface area (Å²) in [4.78, 5) is 4.45. The lowest BCUT2D eigenvalue weighted by atomic mass is 10.1. The molecule has 0 amide bonds. The summed E-state index contributed by atoms with van der Waals surface area (Å²) in [5, 5.41) is 8.83. The molecule has 20 heavy (non-hydrogen) atoms. The van der Waals surface area contributed by atoms with E-state index in [1.165, 1.54) is 5.56 Å². The molecule has 1 aliphatic rings. The van der Waals surface area contributed by atoms with Gasteiger partial charge in [0.15, 0.2) is 0 Å². The molecule has 5 heteroatoms. The van der Waals surface area contributed by atoms with Gasteiger partial charge in [0.25, 0.3) is 0 Å². The lowest BCUT2D eigenvalue weighted by molar-refractivity contribution is 0.842. The van der Waals surface area contributed by atoms with E-state index in [1.807, 2.05) is 36.7 Å². The van der Waals surface area contributed by atoms with Crippen molar-refractivity contribution >= 4 is 23.3 Å². The number of hydrogen-bond donors (Lipinski definition) is 1. The zero-order valence-corrected chi connectivity index (χ0v) is 12.6. The number of aryl methyl sites for hydroxylation is 2. The summed E-state index contributed by atoms with van der Waals surface area (Å²) >= 11 is 6.04. The van der Waals surface area contributed by atoms with Crippen molar-refractivity contribution in [3.63, 3.8) is 0 Å². The maximum Gasteiger partial charge on any atom is 0.140 e. The van der Waals surface area contributed by atoms with Gasteiger partial charge in [0.05, 0.1) is 23.8 Å².